The lowest BCUT2D eigenvalue weighted by Crippen LogP contribution is -2.20. The molecule has 4 rings (SSSR count). The Morgan fingerprint density at radius 2 is 1.89 bits per heavy atom. The number of benzene rings is 1. The zero-order valence-electron chi connectivity index (χ0n) is 15.5. The van der Waals surface area contributed by atoms with Gasteiger partial charge in [0.15, 0.2) is 11.5 Å². The number of anilines is 2. The van der Waals surface area contributed by atoms with E-state index in [4.69, 9.17) is 0 Å². The second-order valence-electron chi connectivity index (χ2n) is 6.43. The Labute approximate surface area is 159 Å². The lowest BCUT2D eigenvalue weighted by Gasteiger charge is -2.07. The summed E-state index contributed by atoms with van der Waals surface area (Å²) in [5.41, 5.74) is 2.15. The Bertz CT molecular complexity index is 1360. The summed E-state index contributed by atoms with van der Waals surface area (Å²) in [5.74, 6) is 0.207. The predicted molar refractivity (Wildman–Crippen MR) is 104 cm³/mol. The highest BCUT2D eigenvalue weighted by molar-refractivity contribution is 5.72. The van der Waals surface area contributed by atoms with Gasteiger partial charge in [0.05, 0.1) is 11.4 Å². The van der Waals surface area contributed by atoms with Crippen molar-refractivity contribution in [2.24, 2.45) is 7.05 Å². The molecular formula is C19H17N7O2. The standard InChI is InChI=1S/C19H17N7O2/c1-11-9-15(27)21-18-14(10-20)17(23-25(11)18)22-16-12(2)24(3)26(19(16)28)13-7-5-4-6-8-13/h4-9H,1-3H3,(H,21,27)(H,22,23). The maximum atomic E-state index is 13.1. The number of nitrogens with zero attached hydrogens (tertiary/aromatic N) is 5. The number of hydrogen-bond donors (Lipinski definition) is 2. The first-order valence-electron chi connectivity index (χ1n) is 8.56. The van der Waals surface area contributed by atoms with Gasteiger partial charge in [-0.15, -0.1) is 5.10 Å². The van der Waals surface area contributed by atoms with E-state index in [1.807, 2.05) is 30.3 Å². The van der Waals surface area contributed by atoms with Gasteiger partial charge in [-0.2, -0.15) is 5.26 Å². The molecular weight excluding hydrogens is 358 g/mol. The molecule has 4 aromatic rings. The summed E-state index contributed by atoms with van der Waals surface area (Å²) in [5, 5.41) is 17.0. The van der Waals surface area contributed by atoms with Crippen LogP contribution in [0.15, 0.2) is 46.0 Å². The van der Waals surface area contributed by atoms with Crippen LogP contribution in [0.4, 0.5) is 11.5 Å². The van der Waals surface area contributed by atoms with Crippen molar-refractivity contribution in [2.75, 3.05) is 5.32 Å². The smallest absolute Gasteiger partial charge is 0.295 e. The number of H-pyrrole nitrogens is 1. The first-order valence-corrected chi connectivity index (χ1v) is 8.56. The van der Waals surface area contributed by atoms with Crippen LogP contribution in [-0.2, 0) is 7.05 Å². The first kappa shape index (κ1) is 17.4. The predicted octanol–water partition coefficient (Wildman–Crippen LogP) is 1.74. The Morgan fingerprint density at radius 1 is 1.18 bits per heavy atom. The van der Waals surface area contributed by atoms with Gasteiger partial charge < -0.3 is 10.3 Å². The Kier molecular flexibility index (Phi) is 3.89. The molecule has 0 aliphatic rings. The second kappa shape index (κ2) is 6.28. The van der Waals surface area contributed by atoms with Crippen LogP contribution in [0.25, 0.3) is 11.3 Å². The van der Waals surface area contributed by atoms with E-state index in [9.17, 15) is 14.9 Å². The van der Waals surface area contributed by atoms with Crippen LogP contribution in [0.1, 0.15) is 17.0 Å². The number of hydrogen-bond acceptors (Lipinski definition) is 5. The van der Waals surface area contributed by atoms with Gasteiger partial charge in [0.25, 0.3) is 11.1 Å². The van der Waals surface area contributed by atoms with Gasteiger partial charge in [-0.3, -0.25) is 14.3 Å². The molecule has 28 heavy (non-hydrogen) atoms. The average molecular weight is 375 g/mol. The van der Waals surface area contributed by atoms with Crippen molar-refractivity contribution in [1.29, 1.82) is 5.26 Å². The van der Waals surface area contributed by atoms with Gasteiger partial charge >= 0.3 is 0 Å². The quantitative estimate of drug-likeness (QED) is 0.566. The van der Waals surface area contributed by atoms with Crippen molar-refractivity contribution in [2.45, 2.75) is 13.8 Å². The third-order valence-corrected chi connectivity index (χ3v) is 4.71. The fraction of sp³-hybridized carbons (Fsp3) is 0.158. The van der Waals surface area contributed by atoms with Gasteiger partial charge in [-0.05, 0) is 26.0 Å². The van der Waals surface area contributed by atoms with E-state index >= 15 is 0 Å². The number of aromatic amines is 1. The lowest BCUT2D eigenvalue weighted by molar-refractivity contribution is 0.630. The molecule has 0 amide bonds. The summed E-state index contributed by atoms with van der Waals surface area (Å²) in [6, 6.07) is 12.7. The fourth-order valence-corrected chi connectivity index (χ4v) is 3.22. The number of fused-ring (bicyclic) bond motifs is 1. The third-order valence-electron chi connectivity index (χ3n) is 4.71. The van der Waals surface area contributed by atoms with E-state index in [0.717, 1.165) is 5.69 Å². The molecule has 0 spiro atoms. The summed E-state index contributed by atoms with van der Waals surface area (Å²) in [4.78, 5) is 27.4. The number of nitriles is 1. The number of para-hydroxylation sites is 1. The minimum atomic E-state index is -0.324. The summed E-state index contributed by atoms with van der Waals surface area (Å²) in [6.45, 7) is 3.52. The molecule has 2 N–H and O–H groups in total. The van der Waals surface area contributed by atoms with Gasteiger partial charge in [-0.25, -0.2) is 9.20 Å². The maximum absolute atomic E-state index is 13.1. The van der Waals surface area contributed by atoms with Gasteiger partial charge in [-0.1, -0.05) is 18.2 Å². The van der Waals surface area contributed by atoms with E-state index in [1.54, 1.807) is 25.6 Å². The molecule has 1 aromatic carbocycles. The highest BCUT2D eigenvalue weighted by Gasteiger charge is 2.21. The molecule has 9 nitrogen and oxygen atoms in total. The number of aromatic nitrogens is 5. The highest BCUT2D eigenvalue weighted by atomic mass is 16.1. The maximum Gasteiger partial charge on any atom is 0.295 e. The van der Waals surface area contributed by atoms with Crippen LogP contribution < -0.4 is 16.4 Å². The van der Waals surface area contributed by atoms with E-state index in [2.05, 4.69) is 21.5 Å². The summed E-state index contributed by atoms with van der Waals surface area (Å²) < 4.78 is 4.73. The zero-order chi connectivity index (χ0) is 20.0. The van der Waals surface area contributed by atoms with Crippen molar-refractivity contribution in [3.63, 3.8) is 0 Å². The minimum absolute atomic E-state index is 0.162. The highest BCUT2D eigenvalue weighted by Crippen LogP contribution is 2.23. The number of nitrogens with one attached hydrogen (secondary N) is 2. The van der Waals surface area contributed by atoms with Gasteiger partial charge in [0.2, 0.25) is 0 Å². The molecule has 3 aromatic heterocycles. The van der Waals surface area contributed by atoms with E-state index in [-0.39, 0.29) is 28.1 Å². The van der Waals surface area contributed by atoms with Crippen LogP contribution in [0.2, 0.25) is 0 Å². The molecule has 9 heteroatoms. The van der Waals surface area contributed by atoms with Crippen molar-refractivity contribution in [3.05, 3.63) is 74.1 Å². The van der Waals surface area contributed by atoms with E-state index in [1.165, 1.54) is 15.3 Å². The molecule has 0 saturated carbocycles. The van der Waals surface area contributed by atoms with Gasteiger partial charge in [0, 0.05) is 18.8 Å². The summed E-state index contributed by atoms with van der Waals surface area (Å²) >= 11 is 0. The SMILES string of the molecule is Cc1c(Nc2nn3c(C)cc(=O)[nH]c3c2C#N)c(=O)n(-c2ccccc2)n1C. The lowest BCUT2D eigenvalue weighted by atomic mass is 10.3. The molecule has 0 saturated heterocycles. The molecule has 3 heterocycles. The largest absolute Gasteiger partial charge is 0.332 e. The second-order valence-corrected chi connectivity index (χ2v) is 6.43. The Morgan fingerprint density at radius 3 is 2.57 bits per heavy atom. The zero-order valence-corrected chi connectivity index (χ0v) is 15.5. The first-order chi connectivity index (χ1) is 13.4. The Balaban J connectivity index is 1.90. The third kappa shape index (κ3) is 2.51. The van der Waals surface area contributed by atoms with Crippen LogP contribution in [0, 0.1) is 25.2 Å². The van der Waals surface area contributed by atoms with Crippen molar-refractivity contribution in [1.82, 2.24) is 24.0 Å². The molecule has 0 aliphatic carbocycles. The van der Waals surface area contributed by atoms with Crippen molar-refractivity contribution in [3.8, 4) is 11.8 Å². The van der Waals surface area contributed by atoms with E-state index < -0.39 is 0 Å². The molecule has 0 atom stereocenters. The van der Waals surface area contributed by atoms with Crippen LogP contribution in [0.5, 0.6) is 0 Å². The minimum Gasteiger partial charge on any atom is -0.332 e. The normalized spacial score (nSPS) is 10.9. The van der Waals surface area contributed by atoms with Crippen molar-refractivity contribution >= 4 is 17.2 Å². The Hall–Kier alpha value is -4.06. The van der Waals surface area contributed by atoms with Gasteiger partial charge in [0.1, 0.15) is 17.3 Å². The average Bonchev–Trinajstić information content (AvgIpc) is 3.12. The number of rotatable bonds is 3. The van der Waals surface area contributed by atoms with E-state index in [0.29, 0.717) is 17.1 Å². The summed E-state index contributed by atoms with van der Waals surface area (Å²) in [6.07, 6.45) is 0. The molecule has 0 bridgehead atoms. The monoisotopic (exact) mass is 375 g/mol. The van der Waals surface area contributed by atoms with Crippen LogP contribution in [-0.4, -0.2) is 24.0 Å². The molecule has 0 unspecified atom stereocenters. The fourth-order valence-electron chi connectivity index (χ4n) is 3.22. The van der Waals surface area contributed by atoms with Crippen LogP contribution >= 0.6 is 0 Å². The molecule has 0 radical (unpaired) electrons. The topological polar surface area (TPSA) is 113 Å². The molecule has 0 aliphatic heterocycles. The summed E-state index contributed by atoms with van der Waals surface area (Å²) in [7, 11) is 1.78. The number of aryl methyl sites for hydroxylation is 1. The molecule has 140 valence electrons. The van der Waals surface area contributed by atoms with Crippen LogP contribution in [0.3, 0.4) is 0 Å². The molecule has 0 fully saturated rings. The van der Waals surface area contributed by atoms with Crippen molar-refractivity contribution < 1.29 is 0 Å².